The Morgan fingerprint density at radius 1 is 0.329 bits per heavy atom. The fourth-order valence-corrected chi connectivity index (χ4v) is 11.5. The Morgan fingerprint density at radius 2 is 0.565 bits per heavy atom. The molecule has 0 heterocycles. The molecule has 6 atom stereocenters. The number of hydrogen-bond acceptors (Lipinski definition) is 15. The van der Waals surface area contributed by atoms with Gasteiger partial charge in [0.15, 0.2) is 12.2 Å². The summed E-state index contributed by atoms with van der Waals surface area (Å²) in [7, 11) is -9.89. The second kappa shape index (κ2) is 59.7. The number of phosphoric ester groups is 2. The Labute approximate surface area is 517 Å². The molecule has 0 aromatic rings. The summed E-state index contributed by atoms with van der Waals surface area (Å²) in [4.78, 5) is 72.3. The Hall–Kier alpha value is -1.94. The van der Waals surface area contributed by atoms with Crippen molar-refractivity contribution >= 4 is 39.5 Å². The van der Waals surface area contributed by atoms with E-state index in [0.717, 1.165) is 95.8 Å². The van der Waals surface area contributed by atoms with Crippen molar-refractivity contribution in [3.8, 4) is 0 Å². The Kier molecular flexibility index (Phi) is 58.3. The molecule has 85 heavy (non-hydrogen) atoms. The highest BCUT2D eigenvalue weighted by atomic mass is 31.2. The molecule has 0 aliphatic carbocycles. The molecule has 504 valence electrons. The molecule has 0 saturated heterocycles. The average molecular weight is 1260 g/mol. The largest absolute Gasteiger partial charge is 0.472 e. The summed E-state index contributed by atoms with van der Waals surface area (Å²) in [5.41, 5.74) is 0. The van der Waals surface area contributed by atoms with Gasteiger partial charge in [0, 0.05) is 25.7 Å². The minimum absolute atomic E-state index is 0.107. The number of hydrogen-bond donors (Lipinski definition) is 3. The van der Waals surface area contributed by atoms with Gasteiger partial charge in [0.2, 0.25) is 0 Å². The Morgan fingerprint density at radius 3 is 0.835 bits per heavy atom. The zero-order valence-corrected chi connectivity index (χ0v) is 56.5. The molecule has 17 nitrogen and oxygen atoms in total. The van der Waals surface area contributed by atoms with Crippen molar-refractivity contribution in [2.24, 2.45) is 5.92 Å². The van der Waals surface area contributed by atoms with Crippen LogP contribution in [0.15, 0.2) is 0 Å². The highest BCUT2D eigenvalue weighted by Crippen LogP contribution is 2.45. The van der Waals surface area contributed by atoms with Crippen LogP contribution < -0.4 is 0 Å². The van der Waals surface area contributed by atoms with Crippen LogP contribution in [-0.2, 0) is 65.4 Å². The van der Waals surface area contributed by atoms with Crippen molar-refractivity contribution in [1.82, 2.24) is 0 Å². The van der Waals surface area contributed by atoms with Gasteiger partial charge in [-0.3, -0.25) is 37.3 Å². The first kappa shape index (κ1) is 83.1. The van der Waals surface area contributed by atoms with Gasteiger partial charge in [-0.25, -0.2) is 9.13 Å². The Bertz CT molecular complexity index is 1650. The van der Waals surface area contributed by atoms with Crippen LogP contribution in [-0.4, -0.2) is 96.7 Å². The molecule has 19 heteroatoms. The lowest BCUT2D eigenvalue weighted by Gasteiger charge is -2.21. The van der Waals surface area contributed by atoms with E-state index in [4.69, 9.17) is 37.0 Å². The number of phosphoric acid groups is 2. The van der Waals surface area contributed by atoms with Gasteiger partial charge in [-0.15, -0.1) is 0 Å². The van der Waals surface area contributed by atoms with Gasteiger partial charge in [0.05, 0.1) is 26.4 Å². The maximum Gasteiger partial charge on any atom is 0.472 e. The van der Waals surface area contributed by atoms with Crippen LogP contribution >= 0.6 is 15.6 Å². The summed E-state index contributed by atoms with van der Waals surface area (Å²) < 4.78 is 68.1. The van der Waals surface area contributed by atoms with Crippen LogP contribution in [0.1, 0.15) is 336 Å². The van der Waals surface area contributed by atoms with Gasteiger partial charge >= 0.3 is 39.5 Å². The van der Waals surface area contributed by atoms with Crippen LogP contribution in [0.3, 0.4) is 0 Å². The summed E-state index contributed by atoms with van der Waals surface area (Å²) >= 11 is 0. The number of esters is 4. The standard InChI is InChI=1S/C66H128O17P2/c1-6-10-13-16-19-22-25-26-27-30-37-42-47-52-66(71)83-62(56-77-64(69)50-45-40-35-32-31-33-38-43-48-59(5)9-4)58-81-85(74,75)79-54-60(67)53-78-84(72,73)80-57-61(82-65(70)51-46-41-36-29-24-21-18-15-12-8-3)55-76-63(68)49-44-39-34-28-23-20-17-14-11-7-2/h59-62,67H,6-58H2,1-5H3,(H,72,73)(H,74,75)/t59?,60-,61+,62+/m0/s1. The molecule has 0 aromatic heterocycles. The molecule has 0 aliphatic heterocycles. The van der Waals surface area contributed by atoms with Crippen molar-refractivity contribution < 1.29 is 80.2 Å². The minimum atomic E-state index is -4.95. The lowest BCUT2D eigenvalue weighted by Crippen LogP contribution is -2.30. The van der Waals surface area contributed by atoms with Gasteiger partial charge in [-0.05, 0) is 31.6 Å². The zero-order valence-electron chi connectivity index (χ0n) is 54.7. The molecular formula is C66H128O17P2. The highest BCUT2D eigenvalue weighted by Gasteiger charge is 2.30. The quantitative estimate of drug-likeness (QED) is 0.0222. The molecule has 0 radical (unpaired) electrons. The number of aliphatic hydroxyl groups is 1. The molecule has 0 rings (SSSR count). The zero-order chi connectivity index (χ0) is 62.8. The number of unbranched alkanes of at least 4 members (excludes halogenated alkanes) is 37. The molecule has 0 saturated carbocycles. The number of ether oxygens (including phenoxy) is 4. The third-order valence-electron chi connectivity index (χ3n) is 15.6. The normalized spacial score (nSPS) is 14.5. The van der Waals surface area contributed by atoms with Gasteiger partial charge in [-0.2, -0.15) is 0 Å². The third kappa shape index (κ3) is 59.5. The van der Waals surface area contributed by atoms with E-state index in [2.05, 4.69) is 34.6 Å². The van der Waals surface area contributed by atoms with Crippen molar-refractivity contribution in [2.45, 2.75) is 355 Å². The van der Waals surface area contributed by atoms with Crippen LogP contribution in [0.2, 0.25) is 0 Å². The first-order valence-electron chi connectivity index (χ1n) is 34.7. The van der Waals surface area contributed by atoms with Crippen molar-refractivity contribution in [1.29, 1.82) is 0 Å². The van der Waals surface area contributed by atoms with E-state index >= 15 is 0 Å². The van der Waals surface area contributed by atoms with Gasteiger partial charge in [0.25, 0.3) is 0 Å². The number of rotatable bonds is 66. The Balaban J connectivity index is 5.24. The maximum atomic E-state index is 13.0. The molecule has 0 fully saturated rings. The van der Waals surface area contributed by atoms with E-state index in [1.807, 2.05) is 0 Å². The van der Waals surface area contributed by atoms with Crippen LogP contribution in [0.25, 0.3) is 0 Å². The van der Waals surface area contributed by atoms with Crippen molar-refractivity contribution in [3.05, 3.63) is 0 Å². The van der Waals surface area contributed by atoms with Crippen LogP contribution in [0.4, 0.5) is 0 Å². The molecule has 0 aliphatic rings. The SMILES string of the molecule is CCCCCCCCCCCCCCCC(=O)O[C@H](COC(=O)CCCCCCCCCCC(C)CC)COP(=O)(O)OC[C@@H](O)COP(=O)(O)OC[C@@H](COC(=O)CCCCCCCCCCCC)OC(=O)CCCCCCCCCCCC. The fraction of sp³-hybridized carbons (Fsp3) is 0.939. The summed E-state index contributed by atoms with van der Waals surface area (Å²) in [6.45, 7) is 7.20. The van der Waals surface area contributed by atoms with Crippen LogP contribution in [0, 0.1) is 5.92 Å². The van der Waals surface area contributed by atoms with E-state index in [1.165, 1.54) is 161 Å². The van der Waals surface area contributed by atoms with Gasteiger partial charge in [0.1, 0.15) is 19.3 Å². The molecule has 0 amide bonds. The third-order valence-corrected chi connectivity index (χ3v) is 17.5. The average Bonchev–Trinajstić information content (AvgIpc) is 3.52. The second-order valence-corrected chi connectivity index (χ2v) is 27.0. The van der Waals surface area contributed by atoms with Crippen molar-refractivity contribution in [3.63, 3.8) is 0 Å². The van der Waals surface area contributed by atoms with Gasteiger partial charge in [-0.1, -0.05) is 285 Å². The molecule has 3 unspecified atom stereocenters. The van der Waals surface area contributed by atoms with E-state index in [0.29, 0.717) is 25.7 Å². The summed E-state index contributed by atoms with van der Waals surface area (Å²) in [6, 6.07) is 0. The monoisotopic (exact) mass is 1250 g/mol. The lowest BCUT2D eigenvalue weighted by molar-refractivity contribution is -0.161. The molecule has 3 N–H and O–H groups in total. The number of carbonyl (C=O) groups is 4. The van der Waals surface area contributed by atoms with E-state index < -0.39 is 97.5 Å². The van der Waals surface area contributed by atoms with Gasteiger partial charge < -0.3 is 33.8 Å². The maximum absolute atomic E-state index is 13.0. The summed E-state index contributed by atoms with van der Waals surface area (Å²) in [5.74, 6) is -1.35. The molecule has 0 bridgehead atoms. The minimum Gasteiger partial charge on any atom is -0.462 e. The number of carbonyl (C=O) groups excluding carboxylic acids is 4. The summed E-state index contributed by atoms with van der Waals surface area (Å²) in [6.07, 6.45) is 44.2. The predicted octanol–water partition coefficient (Wildman–Crippen LogP) is 18.6. The smallest absolute Gasteiger partial charge is 0.462 e. The van der Waals surface area contributed by atoms with Crippen molar-refractivity contribution in [2.75, 3.05) is 39.6 Å². The number of aliphatic hydroxyl groups excluding tert-OH is 1. The van der Waals surface area contributed by atoms with E-state index in [9.17, 15) is 43.2 Å². The first-order chi connectivity index (χ1) is 41.1. The molecule has 0 aromatic carbocycles. The highest BCUT2D eigenvalue weighted by molar-refractivity contribution is 7.47. The lowest BCUT2D eigenvalue weighted by atomic mass is 9.99. The van der Waals surface area contributed by atoms with Crippen LogP contribution in [0.5, 0.6) is 0 Å². The predicted molar refractivity (Wildman–Crippen MR) is 340 cm³/mol. The summed E-state index contributed by atoms with van der Waals surface area (Å²) in [5, 5.41) is 10.5. The van der Waals surface area contributed by atoms with E-state index in [-0.39, 0.29) is 25.7 Å². The first-order valence-corrected chi connectivity index (χ1v) is 37.7. The fourth-order valence-electron chi connectivity index (χ4n) is 9.90. The topological polar surface area (TPSA) is 237 Å². The molecular weight excluding hydrogens is 1130 g/mol. The van der Waals surface area contributed by atoms with E-state index in [1.54, 1.807) is 0 Å². The second-order valence-electron chi connectivity index (χ2n) is 24.1. The molecule has 0 spiro atoms.